The van der Waals surface area contributed by atoms with Crippen LogP contribution in [0.25, 0.3) is 33.4 Å². The van der Waals surface area contributed by atoms with Crippen LogP contribution in [0.1, 0.15) is 0 Å². The van der Waals surface area contributed by atoms with Gasteiger partial charge in [-0.05, 0) is 33.4 Å². The summed E-state index contributed by atoms with van der Waals surface area (Å²) in [6, 6.07) is 39.3. The van der Waals surface area contributed by atoms with Crippen molar-refractivity contribution in [2.45, 2.75) is 0 Å². The molecule has 0 saturated heterocycles. The van der Waals surface area contributed by atoms with Crippen LogP contribution in [-0.4, -0.2) is 34.7 Å². The van der Waals surface area contributed by atoms with E-state index < -0.39 is 0 Å². The summed E-state index contributed by atoms with van der Waals surface area (Å²) < 4.78 is 0. The smallest absolute Gasteiger partial charge is 0.872 e. The molecule has 0 saturated carbocycles. The van der Waals surface area contributed by atoms with E-state index in [1.54, 1.807) is 109 Å². The summed E-state index contributed by atoms with van der Waals surface area (Å²) in [6.45, 7) is 0. The number of hydrogen-bond acceptors (Lipinski definition) is 6. The molecule has 6 aromatic carbocycles. The Labute approximate surface area is 277 Å². The quantitative estimate of drug-likeness (QED) is 0.282. The van der Waals surface area contributed by atoms with E-state index in [-0.39, 0.29) is 69.2 Å². The van der Waals surface area contributed by atoms with Crippen molar-refractivity contribution in [3.8, 4) is 67.9 Å². The predicted molar refractivity (Wildman–Crippen MR) is 164 cm³/mol. The molecule has 6 rings (SSSR count). The summed E-state index contributed by atoms with van der Waals surface area (Å²) in [5, 5.41) is 68.6. The van der Waals surface area contributed by atoms with Crippen LogP contribution in [0, 0.1) is 0 Å². The standard InChI is InChI=1S/3C12H10O2.2Al/c3*13-11-7-3-1-5-9(11)10-6-2-4-8-12(10)14;;/h3*1-8,13-14H;;/q;;;2*+3/p-6. The largest absolute Gasteiger partial charge is 3.00 e. The van der Waals surface area contributed by atoms with Crippen LogP contribution >= 0.6 is 0 Å². The van der Waals surface area contributed by atoms with Crippen molar-refractivity contribution in [3.63, 3.8) is 0 Å². The molecule has 6 aromatic rings. The minimum Gasteiger partial charge on any atom is -0.872 e. The van der Waals surface area contributed by atoms with Crippen LogP contribution in [0.2, 0.25) is 0 Å². The van der Waals surface area contributed by atoms with E-state index in [1.165, 1.54) is 36.4 Å². The van der Waals surface area contributed by atoms with E-state index in [0.717, 1.165) is 0 Å². The molecule has 0 aliphatic rings. The third-order valence-electron chi connectivity index (χ3n) is 6.19. The number of benzene rings is 6. The predicted octanol–water partition coefficient (Wildman–Crippen LogP) is 3.74. The van der Waals surface area contributed by atoms with E-state index >= 15 is 0 Å². The van der Waals surface area contributed by atoms with Crippen LogP contribution in [0.5, 0.6) is 34.5 Å². The van der Waals surface area contributed by atoms with Crippen molar-refractivity contribution in [1.29, 1.82) is 0 Å². The van der Waals surface area contributed by atoms with E-state index in [4.69, 9.17) is 0 Å². The normalized spacial score (nSPS) is 9.55. The van der Waals surface area contributed by atoms with Gasteiger partial charge in [-0.15, -0.1) is 34.5 Å². The molecule has 0 N–H and O–H groups in total. The van der Waals surface area contributed by atoms with Gasteiger partial charge in [0.1, 0.15) is 0 Å². The Morgan fingerprint density at radius 2 is 0.318 bits per heavy atom. The van der Waals surface area contributed by atoms with Gasteiger partial charge >= 0.3 is 34.7 Å². The monoisotopic (exact) mass is 606 g/mol. The molecule has 44 heavy (non-hydrogen) atoms. The van der Waals surface area contributed by atoms with Crippen molar-refractivity contribution in [3.05, 3.63) is 146 Å². The maximum atomic E-state index is 11.4. The van der Waals surface area contributed by atoms with Gasteiger partial charge in [0.15, 0.2) is 0 Å². The first-order valence-corrected chi connectivity index (χ1v) is 12.9. The first kappa shape index (κ1) is 35.4. The molecule has 6 nitrogen and oxygen atoms in total. The minimum atomic E-state index is -0.115. The Bertz CT molecular complexity index is 1440. The molecule has 0 atom stereocenters. The fraction of sp³-hybridized carbons (Fsp3) is 0. The molecule has 210 valence electrons. The maximum absolute atomic E-state index is 11.4. The van der Waals surface area contributed by atoms with E-state index in [1.807, 2.05) is 0 Å². The molecule has 0 radical (unpaired) electrons. The van der Waals surface area contributed by atoms with Gasteiger partial charge in [0.25, 0.3) is 0 Å². The molecule has 0 aliphatic carbocycles. The van der Waals surface area contributed by atoms with Gasteiger partial charge in [-0.2, -0.15) is 0 Å². The Kier molecular flexibility index (Phi) is 13.9. The average molecular weight is 607 g/mol. The fourth-order valence-corrected chi connectivity index (χ4v) is 4.13. The summed E-state index contributed by atoms with van der Waals surface area (Å²) in [4.78, 5) is 0. The van der Waals surface area contributed by atoms with E-state index in [9.17, 15) is 30.6 Å². The SMILES string of the molecule is [Al+3].[Al+3].[O-]c1ccccc1-c1ccccc1[O-].[O-]c1ccccc1-c1ccccc1[O-].[O-]c1ccccc1-c1ccccc1[O-]. The molecule has 0 amide bonds. The first-order chi connectivity index (χ1) is 20.4. The molecular weight excluding hydrogens is 582 g/mol. The summed E-state index contributed by atoms with van der Waals surface area (Å²) >= 11 is 0. The van der Waals surface area contributed by atoms with Gasteiger partial charge in [0.2, 0.25) is 0 Å². The van der Waals surface area contributed by atoms with Crippen molar-refractivity contribution in [2.24, 2.45) is 0 Å². The Morgan fingerprint density at radius 1 is 0.205 bits per heavy atom. The second-order valence-corrected chi connectivity index (χ2v) is 8.98. The molecule has 0 bridgehead atoms. The van der Waals surface area contributed by atoms with Gasteiger partial charge in [-0.25, -0.2) is 0 Å². The molecular formula is C36H24Al2O6. The van der Waals surface area contributed by atoms with Crippen LogP contribution in [0.4, 0.5) is 0 Å². The molecule has 0 fully saturated rings. The van der Waals surface area contributed by atoms with Crippen LogP contribution in [0.3, 0.4) is 0 Å². The first-order valence-electron chi connectivity index (χ1n) is 12.9. The number of hydrogen-bond donors (Lipinski definition) is 0. The topological polar surface area (TPSA) is 138 Å². The van der Waals surface area contributed by atoms with Gasteiger partial charge in [-0.3, -0.25) is 0 Å². The molecule has 0 unspecified atom stereocenters. The van der Waals surface area contributed by atoms with Crippen molar-refractivity contribution >= 4 is 34.7 Å². The molecule has 0 heterocycles. The van der Waals surface area contributed by atoms with Crippen LogP contribution in [0.15, 0.2) is 146 Å². The minimum absolute atomic E-state index is 0. The zero-order valence-electron chi connectivity index (χ0n) is 23.5. The molecule has 0 aliphatic heterocycles. The van der Waals surface area contributed by atoms with Gasteiger partial charge in [0.05, 0.1) is 0 Å². The van der Waals surface area contributed by atoms with Crippen molar-refractivity contribution in [2.75, 3.05) is 0 Å². The maximum Gasteiger partial charge on any atom is 3.00 e. The van der Waals surface area contributed by atoms with Crippen molar-refractivity contribution < 1.29 is 30.6 Å². The van der Waals surface area contributed by atoms with Crippen LogP contribution in [-0.2, 0) is 0 Å². The fourth-order valence-electron chi connectivity index (χ4n) is 4.13. The number of rotatable bonds is 3. The third-order valence-corrected chi connectivity index (χ3v) is 6.19. The summed E-state index contributed by atoms with van der Waals surface area (Å²) in [5.41, 5.74) is 2.82. The van der Waals surface area contributed by atoms with E-state index in [2.05, 4.69) is 0 Å². The van der Waals surface area contributed by atoms with E-state index in [0.29, 0.717) is 33.4 Å². The summed E-state index contributed by atoms with van der Waals surface area (Å²) in [5.74, 6) is -0.690. The average Bonchev–Trinajstić information content (AvgIpc) is 3.00. The Morgan fingerprint density at radius 3 is 0.432 bits per heavy atom. The van der Waals surface area contributed by atoms with Gasteiger partial charge in [0, 0.05) is 0 Å². The van der Waals surface area contributed by atoms with Gasteiger partial charge in [-0.1, -0.05) is 146 Å². The van der Waals surface area contributed by atoms with Crippen LogP contribution < -0.4 is 30.6 Å². The van der Waals surface area contributed by atoms with Gasteiger partial charge < -0.3 is 30.6 Å². The zero-order chi connectivity index (χ0) is 29.9. The molecule has 8 heteroatoms. The third kappa shape index (κ3) is 9.09. The number of para-hydroxylation sites is 6. The second kappa shape index (κ2) is 17.3. The Hall–Kier alpha value is -4.82. The Balaban J connectivity index is 0.000000225. The second-order valence-electron chi connectivity index (χ2n) is 8.98. The molecule has 0 spiro atoms. The van der Waals surface area contributed by atoms with Crippen molar-refractivity contribution in [1.82, 2.24) is 0 Å². The zero-order valence-corrected chi connectivity index (χ0v) is 25.8. The molecule has 0 aromatic heterocycles. The summed E-state index contributed by atoms with van der Waals surface area (Å²) in [6.07, 6.45) is 0. The summed E-state index contributed by atoms with van der Waals surface area (Å²) in [7, 11) is 0.